The highest BCUT2D eigenvalue weighted by Gasteiger charge is 2.09. The number of piperidine rings is 1. The zero-order chi connectivity index (χ0) is 10.9. The summed E-state index contributed by atoms with van der Waals surface area (Å²) in [7, 11) is 0. The lowest BCUT2D eigenvalue weighted by Gasteiger charge is -2.16. The van der Waals surface area contributed by atoms with Crippen molar-refractivity contribution in [1.29, 1.82) is 0 Å². The van der Waals surface area contributed by atoms with Gasteiger partial charge in [0, 0.05) is 18.3 Å². The zero-order valence-electron chi connectivity index (χ0n) is 8.73. The Labute approximate surface area is 89.9 Å². The smallest absolute Gasteiger partial charge is 0.123 e. The fraction of sp³-hybridized carbons (Fsp3) is 0.455. The number of nitrogen functional groups attached to an aromatic ring is 1. The Morgan fingerprint density at radius 1 is 1.47 bits per heavy atom. The standard InChI is InChI=1S/C6H11NO.C5H6N2/c8-5-6-1-3-7-4-2-6;6-5-2-1-3-7-4-5/h5-7H,1-4H2;1-4H,6H2. The van der Waals surface area contributed by atoms with Crippen LogP contribution in [0.3, 0.4) is 0 Å². The number of hydrogen-bond donors (Lipinski definition) is 2. The predicted octanol–water partition coefficient (Wildman–Crippen LogP) is 0.849. The predicted molar refractivity (Wildman–Crippen MR) is 60.3 cm³/mol. The first-order valence-corrected chi connectivity index (χ1v) is 5.14. The highest BCUT2D eigenvalue weighted by Crippen LogP contribution is 2.06. The molecule has 1 aliphatic rings. The highest BCUT2D eigenvalue weighted by atomic mass is 16.1. The second-order valence-electron chi connectivity index (χ2n) is 3.51. The molecule has 4 nitrogen and oxygen atoms in total. The lowest BCUT2D eigenvalue weighted by atomic mass is 10.0. The maximum atomic E-state index is 10.1. The van der Waals surface area contributed by atoms with E-state index in [1.165, 1.54) is 0 Å². The number of anilines is 1. The molecule has 3 N–H and O–H groups in total. The van der Waals surface area contributed by atoms with E-state index >= 15 is 0 Å². The molecular weight excluding hydrogens is 190 g/mol. The van der Waals surface area contributed by atoms with Gasteiger partial charge in [-0.3, -0.25) is 4.98 Å². The molecule has 1 aromatic rings. The van der Waals surface area contributed by atoms with Crippen LogP contribution in [0.2, 0.25) is 0 Å². The lowest BCUT2D eigenvalue weighted by molar-refractivity contribution is -0.111. The maximum absolute atomic E-state index is 10.1. The van der Waals surface area contributed by atoms with Crippen LogP contribution in [0.1, 0.15) is 12.8 Å². The number of carbonyl (C=O) groups excluding carboxylic acids is 1. The van der Waals surface area contributed by atoms with Gasteiger partial charge in [0.1, 0.15) is 6.29 Å². The number of hydrogen-bond acceptors (Lipinski definition) is 4. The Morgan fingerprint density at radius 3 is 2.53 bits per heavy atom. The van der Waals surface area contributed by atoms with Crippen molar-refractivity contribution in [2.24, 2.45) is 5.92 Å². The molecule has 82 valence electrons. The Kier molecular flexibility index (Phi) is 5.40. The van der Waals surface area contributed by atoms with Crippen molar-refractivity contribution in [3.05, 3.63) is 24.5 Å². The molecule has 2 heterocycles. The molecular formula is C11H17N3O. The molecule has 1 fully saturated rings. The van der Waals surface area contributed by atoms with Gasteiger partial charge in [-0.2, -0.15) is 0 Å². The summed E-state index contributed by atoms with van der Waals surface area (Å²) in [5, 5.41) is 3.19. The van der Waals surface area contributed by atoms with Crippen LogP contribution in [0, 0.1) is 5.92 Å². The minimum atomic E-state index is 0.344. The SMILES string of the molecule is Nc1cccnc1.O=CC1CCNCC1. The minimum Gasteiger partial charge on any atom is -0.397 e. The summed E-state index contributed by atoms with van der Waals surface area (Å²) in [5.74, 6) is 0.344. The number of nitrogens with two attached hydrogens (primary N) is 1. The first kappa shape index (κ1) is 11.7. The number of pyridine rings is 1. The molecule has 0 saturated carbocycles. The van der Waals surface area contributed by atoms with Gasteiger partial charge in [0.15, 0.2) is 0 Å². The number of rotatable bonds is 1. The van der Waals surface area contributed by atoms with E-state index in [0.29, 0.717) is 11.6 Å². The van der Waals surface area contributed by atoms with Gasteiger partial charge in [-0.25, -0.2) is 0 Å². The number of nitrogens with one attached hydrogen (secondary N) is 1. The molecule has 0 atom stereocenters. The van der Waals surface area contributed by atoms with Crippen LogP contribution in [0.25, 0.3) is 0 Å². The summed E-state index contributed by atoms with van der Waals surface area (Å²) < 4.78 is 0. The summed E-state index contributed by atoms with van der Waals surface area (Å²) in [6.07, 6.45) is 6.43. The van der Waals surface area contributed by atoms with E-state index < -0.39 is 0 Å². The van der Waals surface area contributed by atoms with Crippen molar-refractivity contribution >= 4 is 12.0 Å². The van der Waals surface area contributed by atoms with Crippen LogP contribution in [-0.4, -0.2) is 24.4 Å². The molecule has 0 spiro atoms. The van der Waals surface area contributed by atoms with Crippen LogP contribution >= 0.6 is 0 Å². The second-order valence-corrected chi connectivity index (χ2v) is 3.51. The fourth-order valence-electron chi connectivity index (χ4n) is 1.36. The average molecular weight is 207 g/mol. The topological polar surface area (TPSA) is 68.0 Å². The van der Waals surface area contributed by atoms with Crippen molar-refractivity contribution in [2.45, 2.75) is 12.8 Å². The molecule has 0 aliphatic carbocycles. The van der Waals surface area contributed by atoms with E-state index in [4.69, 9.17) is 5.73 Å². The van der Waals surface area contributed by atoms with Crippen LogP contribution in [-0.2, 0) is 4.79 Å². The summed E-state index contributed by atoms with van der Waals surface area (Å²) in [4.78, 5) is 13.9. The highest BCUT2D eigenvalue weighted by molar-refractivity contribution is 5.53. The number of aldehydes is 1. The van der Waals surface area contributed by atoms with Gasteiger partial charge >= 0.3 is 0 Å². The fourth-order valence-corrected chi connectivity index (χ4v) is 1.36. The van der Waals surface area contributed by atoms with E-state index in [1.54, 1.807) is 24.5 Å². The van der Waals surface area contributed by atoms with E-state index in [-0.39, 0.29) is 0 Å². The largest absolute Gasteiger partial charge is 0.397 e. The molecule has 1 aliphatic heterocycles. The second kappa shape index (κ2) is 6.95. The molecule has 0 bridgehead atoms. The van der Waals surface area contributed by atoms with Crippen molar-refractivity contribution < 1.29 is 4.79 Å². The quantitative estimate of drug-likeness (QED) is 0.670. The molecule has 2 rings (SSSR count). The Balaban J connectivity index is 0.000000151. The third kappa shape index (κ3) is 5.12. The summed E-state index contributed by atoms with van der Waals surface area (Å²) in [6.45, 7) is 2.03. The number of carbonyl (C=O) groups is 1. The van der Waals surface area contributed by atoms with Gasteiger partial charge in [0.25, 0.3) is 0 Å². The molecule has 4 heteroatoms. The number of aromatic nitrogens is 1. The van der Waals surface area contributed by atoms with Crippen LogP contribution in [0.5, 0.6) is 0 Å². The third-order valence-electron chi connectivity index (χ3n) is 2.26. The monoisotopic (exact) mass is 207 g/mol. The lowest BCUT2D eigenvalue weighted by Crippen LogP contribution is -2.28. The third-order valence-corrected chi connectivity index (χ3v) is 2.26. The first-order chi connectivity index (χ1) is 7.33. The van der Waals surface area contributed by atoms with Gasteiger partial charge in [-0.15, -0.1) is 0 Å². The summed E-state index contributed by atoms with van der Waals surface area (Å²) in [5.41, 5.74) is 6.01. The van der Waals surface area contributed by atoms with E-state index in [0.717, 1.165) is 32.2 Å². The van der Waals surface area contributed by atoms with Crippen LogP contribution in [0.15, 0.2) is 24.5 Å². The molecule has 1 aromatic heterocycles. The maximum Gasteiger partial charge on any atom is 0.123 e. The van der Waals surface area contributed by atoms with Gasteiger partial charge in [0.05, 0.1) is 5.69 Å². The Hall–Kier alpha value is -1.42. The van der Waals surface area contributed by atoms with Crippen LogP contribution < -0.4 is 11.1 Å². The van der Waals surface area contributed by atoms with Gasteiger partial charge in [-0.1, -0.05) is 0 Å². The normalized spacial score (nSPS) is 16.3. The Bertz CT molecular complexity index is 270. The first-order valence-electron chi connectivity index (χ1n) is 5.14. The minimum absolute atomic E-state index is 0.344. The van der Waals surface area contributed by atoms with E-state index in [1.807, 2.05) is 0 Å². The van der Waals surface area contributed by atoms with Crippen molar-refractivity contribution in [2.75, 3.05) is 18.8 Å². The number of nitrogens with zero attached hydrogens (tertiary/aromatic N) is 1. The van der Waals surface area contributed by atoms with Gasteiger partial charge < -0.3 is 15.8 Å². The van der Waals surface area contributed by atoms with Crippen molar-refractivity contribution in [3.63, 3.8) is 0 Å². The summed E-state index contributed by atoms with van der Waals surface area (Å²) in [6, 6.07) is 3.60. The van der Waals surface area contributed by atoms with Crippen molar-refractivity contribution in [3.8, 4) is 0 Å². The van der Waals surface area contributed by atoms with Crippen molar-refractivity contribution in [1.82, 2.24) is 10.3 Å². The van der Waals surface area contributed by atoms with E-state index in [2.05, 4.69) is 10.3 Å². The van der Waals surface area contributed by atoms with Gasteiger partial charge in [0.2, 0.25) is 0 Å². The van der Waals surface area contributed by atoms with Crippen LogP contribution in [0.4, 0.5) is 5.69 Å². The molecule has 1 saturated heterocycles. The zero-order valence-corrected chi connectivity index (χ0v) is 8.73. The molecule has 0 amide bonds. The average Bonchev–Trinajstić information content (AvgIpc) is 2.32. The molecule has 0 aromatic carbocycles. The van der Waals surface area contributed by atoms with E-state index in [9.17, 15) is 4.79 Å². The Morgan fingerprint density at radius 2 is 2.20 bits per heavy atom. The van der Waals surface area contributed by atoms with Gasteiger partial charge in [-0.05, 0) is 38.1 Å². The molecule has 0 radical (unpaired) electrons. The molecule has 0 unspecified atom stereocenters. The molecule has 15 heavy (non-hydrogen) atoms. The summed E-state index contributed by atoms with van der Waals surface area (Å²) >= 11 is 0.